The zero-order valence-corrected chi connectivity index (χ0v) is 10.4. The Morgan fingerprint density at radius 3 is 1.71 bits per heavy atom. The van der Waals surface area contributed by atoms with Gasteiger partial charge in [0, 0.05) is 0 Å². The molecule has 0 nitrogen and oxygen atoms in total. The Balaban J connectivity index is 3.75. The molecule has 0 heteroatoms. The van der Waals surface area contributed by atoms with E-state index in [1.807, 2.05) is 0 Å². The van der Waals surface area contributed by atoms with Crippen LogP contribution in [0.1, 0.15) is 78.6 Å². The van der Waals surface area contributed by atoms with Crippen molar-refractivity contribution < 1.29 is 0 Å². The first-order valence-corrected chi connectivity index (χ1v) is 6.53. The third-order valence-electron chi connectivity index (χ3n) is 2.69. The topological polar surface area (TPSA) is 0 Å². The molecule has 0 aliphatic carbocycles. The lowest BCUT2D eigenvalue weighted by Gasteiger charge is -2.06. The highest BCUT2D eigenvalue weighted by atomic mass is 14.0. The first-order valence-electron chi connectivity index (χ1n) is 6.53. The second kappa shape index (κ2) is 10.8. The Labute approximate surface area is 90.8 Å². The molecule has 0 N–H and O–H groups in total. The van der Waals surface area contributed by atoms with E-state index in [1.54, 1.807) is 5.57 Å². The summed E-state index contributed by atoms with van der Waals surface area (Å²) in [6.45, 7) is 6.83. The molecule has 0 amide bonds. The van der Waals surface area contributed by atoms with E-state index in [0.717, 1.165) is 0 Å². The first kappa shape index (κ1) is 13.7. The third-order valence-corrected chi connectivity index (χ3v) is 2.69. The van der Waals surface area contributed by atoms with E-state index in [2.05, 4.69) is 26.8 Å². The second-order valence-corrected chi connectivity index (χ2v) is 4.21. The SMILES string of the molecule is CCCCC=C(CCCC)CCCC. The van der Waals surface area contributed by atoms with Gasteiger partial charge < -0.3 is 0 Å². The molecule has 0 aliphatic rings. The summed E-state index contributed by atoms with van der Waals surface area (Å²) in [5.74, 6) is 0. The van der Waals surface area contributed by atoms with Gasteiger partial charge in [-0.3, -0.25) is 0 Å². The molecule has 0 atom stereocenters. The van der Waals surface area contributed by atoms with Crippen LogP contribution in [0.4, 0.5) is 0 Å². The van der Waals surface area contributed by atoms with E-state index in [0.29, 0.717) is 0 Å². The number of allylic oxidation sites excluding steroid dienone is 2. The minimum Gasteiger partial charge on any atom is -0.0853 e. The van der Waals surface area contributed by atoms with Crippen LogP contribution in [0.25, 0.3) is 0 Å². The Morgan fingerprint density at radius 1 is 0.786 bits per heavy atom. The van der Waals surface area contributed by atoms with Gasteiger partial charge in [0.2, 0.25) is 0 Å². The van der Waals surface area contributed by atoms with E-state index in [9.17, 15) is 0 Å². The normalized spacial score (nSPS) is 10.2. The van der Waals surface area contributed by atoms with Gasteiger partial charge in [0.05, 0.1) is 0 Å². The quantitative estimate of drug-likeness (QED) is 0.338. The summed E-state index contributed by atoms with van der Waals surface area (Å²) in [7, 11) is 0. The molecule has 14 heavy (non-hydrogen) atoms. The summed E-state index contributed by atoms with van der Waals surface area (Å²) in [5, 5.41) is 0. The van der Waals surface area contributed by atoms with Crippen LogP contribution in [0.15, 0.2) is 11.6 Å². The van der Waals surface area contributed by atoms with Gasteiger partial charge in [0.15, 0.2) is 0 Å². The van der Waals surface area contributed by atoms with Crippen LogP contribution in [0.3, 0.4) is 0 Å². The van der Waals surface area contributed by atoms with Gasteiger partial charge in [-0.05, 0) is 32.1 Å². The Hall–Kier alpha value is -0.260. The fraction of sp³-hybridized carbons (Fsp3) is 0.857. The lowest BCUT2D eigenvalue weighted by Crippen LogP contribution is -1.86. The van der Waals surface area contributed by atoms with Gasteiger partial charge in [-0.25, -0.2) is 0 Å². The minimum atomic E-state index is 1.30. The summed E-state index contributed by atoms with van der Waals surface area (Å²) in [4.78, 5) is 0. The molecule has 0 aliphatic heterocycles. The predicted octanol–water partition coefficient (Wildman–Crippen LogP) is 5.48. The summed E-state index contributed by atoms with van der Waals surface area (Å²) >= 11 is 0. The largest absolute Gasteiger partial charge is 0.0853 e. The van der Waals surface area contributed by atoms with Crippen LogP contribution in [0, 0.1) is 0 Å². The predicted molar refractivity (Wildman–Crippen MR) is 66.7 cm³/mol. The number of unbranched alkanes of at least 4 members (excludes halogenated alkanes) is 4. The highest BCUT2D eigenvalue weighted by Gasteiger charge is 1.96. The van der Waals surface area contributed by atoms with Crippen molar-refractivity contribution in [1.82, 2.24) is 0 Å². The second-order valence-electron chi connectivity index (χ2n) is 4.21. The number of hydrogen-bond acceptors (Lipinski definition) is 0. The first-order chi connectivity index (χ1) is 6.85. The molecule has 0 radical (unpaired) electrons. The van der Waals surface area contributed by atoms with Gasteiger partial charge in [0.25, 0.3) is 0 Å². The maximum atomic E-state index is 2.51. The van der Waals surface area contributed by atoms with Crippen LogP contribution < -0.4 is 0 Å². The Bertz CT molecular complexity index is 123. The molecule has 84 valence electrons. The number of rotatable bonds is 9. The lowest BCUT2D eigenvalue weighted by molar-refractivity contribution is 0.702. The molecule has 0 unspecified atom stereocenters. The van der Waals surface area contributed by atoms with Crippen molar-refractivity contribution in [2.75, 3.05) is 0 Å². The van der Waals surface area contributed by atoms with Crippen molar-refractivity contribution in [2.24, 2.45) is 0 Å². The molecule has 0 saturated heterocycles. The molecule has 0 aromatic heterocycles. The molecule has 0 aromatic carbocycles. The lowest BCUT2D eigenvalue weighted by atomic mass is 10.0. The maximum absolute atomic E-state index is 2.51. The van der Waals surface area contributed by atoms with Crippen molar-refractivity contribution in [1.29, 1.82) is 0 Å². The van der Waals surface area contributed by atoms with E-state index in [4.69, 9.17) is 0 Å². The molecule has 0 aromatic rings. The average Bonchev–Trinajstić information content (AvgIpc) is 2.21. The van der Waals surface area contributed by atoms with Crippen molar-refractivity contribution in [3.63, 3.8) is 0 Å². The molecular formula is C14H28. The van der Waals surface area contributed by atoms with E-state index in [-0.39, 0.29) is 0 Å². The molecule has 0 bridgehead atoms. The van der Waals surface area contributed by atoms with Gasteiger partial charge in [-0.1, -0.05) is 58.1 Å². The summed E-state index contributed by atoms with van der Waals surface area (Å²) < 4.78 is 0. The van der Waals surface area contributed by atoms with Crippen LogP contribution in [0.2, 0.25) is 0 Å². The third kappa shape index (κ3) is 8.34. The molecule has 0 fully saturated rings. The van der Waals surface area contributed by atoms with Gasteiger partial charge in [-0.15, -0.1) is 0 Å². The zero-order valence-electron chi connectivity index (χ0n) is 10.4. The summed E-state index contributed by atoms with van der Waals surface area (Å²) in [5.41, 5.74) is 1.72. The number of hydrogen-bond donors (Lipinski definition) is 0. The fourth-order valence-electron chi connectivity index (χ4n) is 1.65. The average molecular weight is 196 g/mol. The van der Waals surface area contributed by atoms with Crippen LogP contribution in [-0.4, -0.2) is 0 Å². The van der Waals surface area contributed by atoms with E-state index in [1.165, 1.54) is 57.8 Å². The molecule has 0 saturated carbocycles. The van der Waals surface area contributed by atoms with Crippen LogP contribution in [-0.2, 0) is 0 Å². The smallest absolute Gasteiger partial charge is 0.0320 e. The van der Waals surface area contributed by atoms with Gasteiger partial charge in [0.1, 0.15) is 0 Å². The summed E-state index contributed by atoms with van der Waals surface area (Å²) in [6.07, 6.45) is 14.6. The highest BCUT2D eigenvalue weighted by Crippen LogP contribution is 2.16. The standard InChI is InChI=1S/C14H28/c1-4-7-10-13-14(11-8-5-2)12-9-6-3/h13H,4-12H2,1-3H3. The maximum Gasteiger partial charge on any atom is -0.0320 e. The molecule has 0 rings (SSSR count). The van der Waals surface area contributed by atoms with Crippen molar-refractivity contribution in [3.8, 4) is 0 Å². The monoisotopic (exact) mass is 196 g/mol. The molecular weight excluding hydrogens is 168 g/mol. The fourth-order valence-corrected chi connectivity index (χ4v) is 1.65. The minimum absolute atomic E-state index is 1.30. The Morgan fingerprint density at radius 2 is 1.29 bits per heavy atom. The zero-order chi connectivity index (χ0) is 10.6. The van der Waals surface area contributed by atoms with Crippen molar-refractivity contribution >= 4 is 0 Å². The Kier molecular flexibility index (Phi) is 10.6. The molecule has 0 heterocycles. The highest BCUT2D eigenvalue weighted by molar-refractivity contribution is 5.01. The van der Waals surface area contributed by atoms with Crippen molar-refractivity contribution in [2.45, 2.75) is 78.6 Å². The van der Waals surface area contributed by atoms with Gasteiger partial charge >= 0.3 is 0 Å². The van der Waals surface area contributed by atoms with Gasteiger partial charge in [-0.2, -0.15) is 0 Å². The van der Waals surface area contributed by atoms with E-state index >= 15 is 0 Å². The van der Waals surface area contributed by atoms with E-state index < -0.39 is 0 Å². The summed E-state index contributed by atoms with van der Waals surface area (Å²) in [6, 6.07) is 0. The molecule has 0 spiro atoms. The van der Waals surface area contributed by atoms with Crippen LogP contribution >= 0.6 is 0 Å². The van der Waals surface area contributed by atoms with Crippen molar-refractivity contribution in [3.05, 3.63) is 11.6 Å². The van der Waals surface area contributed by atoms with Crippen LogP contribution in [0.5, 0.6) is 0 Å².